The van der Waals surface area contributed by atoms with Crippen LogP contribution in [0, 0.1) is 17.1 Å². The minimum atomic E-state index is -0.428. The molecule has 2 atom stereocenters. The summed E-state index contributed by atoms with van der Waals surface area (Å²) < 4.78 is 24.9. The van der Waals surface area contributed by atoms with Crippen molar-refractivity contribution < 1.29 is 13.9 Å². The molecule has 3 rings (SSSR count). The molecule has 2 aliphatic rings. The molecule has 0 aromatic carbocycles. The molecule has 0 unspecified atom stereocenters. The molecule has 3 heterocycles. The van der Waals surface area contributed by atoms with Crippen LogP contribution in [-0.2, 0) is 14.9 Å². The highest BCUT2D eigenvalue weighted by atomic mass is 19.1. The van der Waals surface area contributed by atoms with Gasteiger partial charge in [-0.2, -0.15) is 5.26 Å². The van der Waals surface area contributed by atoms with E-state index in [0.717, 1.165) is 6.42 Å². The molecule has 2 fully saturated rings. The molecule has 0 bridgehead atoms. The number of aromatic nitrogens is 1. The molecule has 20 heavy (non-hydrogen) atoms. The van der Waals surface area contributed by atoms with E-state index in [-0.39, 0.29) is 11.4 Å². The highest BCUT2D eigenvalue weighted by molar-refractivity contribution is 5.23. The van der Waals surface area contributed by atoms with Crippen molar-refractivity contribution in [1.29, 1.82) is 5.26 Å². The number of hydrogen-bond acceptors (Lipinski definition) is 4. The van der Waals surface area contributed by atoms with Crippen LogP contribution in [-0.4, -0.2) is 30.4 Å². The van der Waals surface area contributed by atoms with Crippen molar-refractivity contribution in [2.45, 2.75) is 36.7 Å². The predicted molar refractivity (Wildman–Crippen MR) is 69.5 cm³/mol. The molecule has 0 aliphatic carbocycles. The molecule has 106 valence electrons. The van der Waals surface area contributed by atoms with Gasteiger partial charge in [0.25, 0.3) is 0 Å². The van der Waals surface area contributed by atoms with E-state index >= 15 is 0 Å². The molecule has 2 aliphatic heterocycles. The highest BCUT2D eigenvalue weighted by Crippen LogP contribution is 2.46. The van der Waals surface area contributed by atoms with Crippen molar-refractivity contribution in [3.63, 3.8) is 0 Å². The van der Waals surface area contributed by atoms with Gasteiger partial charge in [-0.05, 0) is 25.0 Å². The molecule has 2 saturated heterocycles. The lowest BCUT2D eigenvalue weighted by Gasteiger charge is -2.44. The van der Waals surface area contributed by atoms with Gasteiger partial charge < -0.3 is 9.47 Å². The predicted octanol–water partition coefficient (Wildman–Crippen LogP) is 2.34. The van der Waals surface area contributed by atoms with Crippen LogP contribution in [0.3, 0.4) is 0 Å². The van der Waals surface area contributed by atoms with E-state index < -0.39 is 5.41 Å². The van der Waals surface area contributed by atoms with Crippen molar-refractivity contribution in [3.05, 3.63) is 29.8 Å². The Hall–Kier alpha value is -1.51. The Morgan fingerprint density at radius 2 is 2.30 bits per heavy atom. The molecular formula is C15H17FN2O2. The van der Waals surface area contributed by atoms with Gasteiger partial charge in [-0.25, -0.2) is 4.39 Å². The van der Waals surface area contributed by atoms with Gasteiger partial charge in [0.2, 0.25) is 0 Å². The second kappa shape index (κ2) is 5.12. The molecule has 1 aromatic rings. The van der Waals surface area contributed by atoms with Crippen molar-refractivity contribution in [3.8, 4) is 6.07 Å². The fourth-order valence-corrected chi connectivity index (χ4v) is 3.37. The number of hydrogen-bond donors (Lipinski definition) is 0. The molecule has 0 saturated carbocycles. The summed E-state index contributed by atoms with van der Waals surface area (Å²) in [6.45, 7) is 1.79. The van der Waals surface area contributed by atoms with E-state index in [1.165, 1.54) is 18.3 Å². The highest BCUT2D eigenvalue weighted by Gasteiger charge is 2.49. The molecule has 0 N–H and O–H groups in total. The number of halogens is 1. The summed E-state index contributed by atoms with van der Waals surface area (Å²) in [6.07, 6.45) is 3.99. The zero-order chi connectivity index (χ0) is 14.1. The average molecular weight is 276 g/mol. The van der Waals surface area contributed by atoms with Crippen LogP contribution >= 0.6 is 0 Å². The first-order chi connectivity index (χ1) is 9.68. The standard InChI is InChI=1S/C15H17FN2O2/c16-12-1-6-18-13(9-12)14(2-5-17)3-8-20-15(10-14)4-7-19-11-15/h1,6,9H,2-4,7-8,10-11H2/t14-,15-/m1/s1. The van der Waals surface area contributed by atoms with Crippen molar-refractivity contribution in [1.82, 2.24) is 4.98 Å². The monoisotopic (exact) mass is 276 g/mol. The Morgan fingerprint density at radius 3 is 3.00 bits per heavy atom. The van der Waals surface area contributed by atoms with Crippen LogP contribution in [0.4, 0.5) is 4.39 Å². The molecule has 1 aromatic heterocycles. The molecule has 0 amide bonds. The summed E-state index contributed by atoms with van der Waals surface area (Å²) in [4.78, 5) is 4.32. The third-order valence-electron chi connectivity index (χ3n) is 4.40. The van der Waals surface area contributed by atoms with Crippen LogP contribution in [0.1, 0.15) is 31.4 Å². The van der Waals surface area contributed by atoms with Crippen molar-refractivity contribution in [2.24, 2.45) is 0 Å². The lowest BCUT2D eigenvalue weighted by Crippen LogP contribution is -2.48. The summed E-state index contributed by atoms with van der Waals surface area (Å²) in [6, 6.07) is 5.03. The van der Waals surface area contributed by atoms with E-state index in [9.17, 15) is 9.65 Å². The summed E-state index contributed by atoms with van der Waals surface area (Å²) in [7, 11) is 0. The third-order valence-corrected chi connectivity index (χ3v) is 4.40. The van der Waals surface area contributed by atoms with E-state index in [0.29, 0.717) is 44.8 Å². The van der Waals surface area contributed by atoms with Crippen LogP contribution in [0.2, 0.25) is 0 Å². The SMILES string of the molecule is N#CC[C@@]1(c2cc(F)ccn2)CCO[C@]2(CCOC2)C1. The Morgan fingerprint density at radius 1 is 1.40 bits per heavy atom. The maximum atomic E-state index is 13.5. The first-order valence-electron chi connectivity index (χ1n) is 6.89. The molecule has 1 spiro atoms. The van der Waals surface area contributed by atoms with Crippen LogP contribution in [0.5, 0.6) is 0 Å². The van der Waals surface area contributed by atoms with E-state index in [1.807, 2.05) is 0 Å². The maximum Gasteiger partial charge on any atom is 0.126 e. The molecule has 5 heteroatoms. The minimum absolute atomic E-state index is 0.310. The molecular weight excluding hydrogens is 259 g/mol. The number of pyridine rings is 1. The minimum Gasteiger partial charge on any atom is -0.378 e. The second-order valence-electron chi connectivity index (χ2n) is 5.74. The number of nitrogens with zero attached hydrogens (tertiary/aromatic N) is 2. The zero-order valence-corrected chi connectivity index (χ0v) is 11.3. The lowest BCUT2D eigenvalue weighted by molar-refractivity contribution is -0.107. The Kier molecular flexibility index (Phi) is 3.45. The second-order valence-corrected chi connectivity index (χ2v) is 5.74. The Balaban J connectivity index is 1.97. The normalized spacial score (nSPS) is 33.2. The van der Waals surface area contributed by atoms with E-state index in [2.05, 4.69) is 11.1 Å². The van der Waals surface area contributed by atoms with Crippen molar-refractivity contribution in [2.75, 3.05) is 19.8 Å². The summed E-state index contributed by atoms with van der Waals surface area (Å²) in [5.41, 5.74) is -0.0973. The topological polar surface area (TPSA) is 55.1 Å². The van der Waals surface area contributed by atoms with Gasteiger partial charge in [-0.15, -0.1) is 0 Å². The number of nitriles is 1. The van der Waals surface area contributed by atoms with E-state index in [4.69, 9.17) is 9.47 Å². The van der Waals surface area contributed by atoms with Crippen LogP contribution in [0.15, 0.2) is 18.3 Å². The smallest absolute Gasteiger partial charge is 0.126 e. The summed E-state index contributed by atoms with van der Waals surface area (Å²) in [5.74, 6) is -0.310. The number of ether oxygens (including phenoxy) is 2. The summed E-state index contributed by atoms with van der Waals surface area (Å²) in [5, 5.41) is 9.20. The van der Waals surface area contributed by atoms with Gasteiger partial charge in [-0.1, -0.05) is 0 Å². The van der Waals surface area contributed by atoms with Gasteiger partial charge in [0.1, 0.15) is 5.82 Å². The first kappa shape index (κ1) is 13.5. The van der Waals surface area contributed by atoms with Gasteiger partial charge in [0, 0.05) is 37.7 Å². The van der Waals surface area contributed by atoms with Crippen molar-refractivity contribution >= 4 is 0 Å². The third kappa shape index (κ3) is 2.30. The van der Waals surface area contributed by atoms with Gasteiger partial charge in [-0.3, -0.25) is 4.98 Å². The van der Waals surface area contributed by atoms with Crippen LogP contribution < -0.4 is 0 Å². The number of rotatable bonds is 2. The quantitative estimate of drug-likeness (QED) is 0.832. The fourth-order valence-electron chi connectivity index (χ4n) is 3.37. The van der Waals surface area contributed by atoms with Gasteiger partial charge >= 0.3 is 0 Å². The summed E-state index contributed by atoms with van der Waals surface area (Å²) >= 11 is 0. The average Bonchev–Trinajstić information content (AvgIpc) is 2.87. The van der Waals surface area contributed by atoms with Gasteiger partial charge in [0.15, 0.2) is 0 Å². The van der Waals surface area contributed by atoms with Crippen LogP contribution in [0.25, 0.3) is 0 Å². The zero-order valence-electron chi connectivity index (χ0n) is 11.3. The molecule has 0 radical (unpaired) electrons. The van der Waals surface area contributed by atoms with E-state index in [1.54, 1.807) is 0 Å². The molecule has 4 nitrogen and oxygen atoms in total. The first-order valence-corrected chi connectivity index (χ1v) is 6.89. The largest absolute Gasteiger partial charge is 0.378 e. The maximum absolute atomic E-state index is 13.5. The Bertz CT molecular complexity index is 537. The lowest BCUT2D eigenvalue weighted by atomic mass is 9.68. The Labute approximate surface area is 117 Å². The van der Waals surface area contributed by atoms with Gasteiger partial charge in [0.05, 0.1) is 24.0 Å². The fraction of sp³-hybridized carbons (Fsp3) is 0.600.